The summed E-state index contributed by atoms with van der Waals surface area (Å²) in [6, 6.07) is 5.43. The smallest absolute Gasteiger partial charge is 0.313 e. The van der Waals surface area contributed by atoms with E-state index in [2.05, 4.69) is 0 Å². The topological polar surface area (TPSA) is 65.0 Å². The van der Waals surface area contributed by atoms with Crippen molar-refractivity contribution >= 4 is 16.7 Å². The molecule has 2 rings (SSSR count). The van der Waals surface area contributed by atoms with Crippen molar-refractivity contribution in [1.29, 1.82) is 0 Å². The molecule has 0 aliphatic heterocycles. The van der Waals surface area contributed by atoms with Crippen LogP contribution in [0.25, 0.3) is 10.8 Å². The van der Waals surface area contributed by atoms with Crippen LogP contribution in [0, 0.1) is 12.8 Å². The van der Waals surface area contributed by atoms with Crippen molar-refractivity contribution < 1.29 is 24.1 Å². The van der Waals surface area contributed by atoms with Gasteiger partial charge in [-0.25, -0.2) is 0 Å². The summed E-state index contributed by atoms with van der Waals surface area (Å²) in [6.07, 6.45) is 0. The van der Waals surface area contributed by atoms with Crippen LogP contribution < -0.4 is 14.2 Å². The minimum Gasteiger partial charge on any atom is -0.504 e. The Morgan fingerprint density at radius 3 is 2.27 bits per heavy atom. The molecule has 0 bridgehead atoms. The van der Waals surface area contributed by atoms with Gasteiger partial charge in [-0.05, 0) is 12.5 Å². The third kappa shape index (κ3) is 2.54. The second-order valence-corrected chi connectivity index (χ2v) is 5.32. The number of carbonyl (C=O) groups excluding carboxylic acids is 1. The van der Waals surface area contributed by atoms with Gasteiger partial charge in [0, 0.05) is 10.8 Å². The molecule has 2 aromatic rings. The van der Waals surface area contributed by atoms with Crippen molar-refractivity contribution in [3.05, 3.63) is 23.8 Å². The summed E-state index contributed by atoms with van der Waals surface area (Å²) in [6.45, 7) is 5.38. The van der Waals surface area contributed by atoms with Gasteiger partial charge in [-0.3, -0.25) is 4.79 Å². The van der Waals surface area contributed by atoms with Gasteiger partial charge >= 0.3 is 5.97 Å². The van der Waals surface area contributed by atoms with E-state index in [0.717, 1.165) is 5.56 Å². The first kappa shape index (κ1) is 15.9. The molecule has 0 saturated heterocycles. The van der Waals surface area contributed by atoms with Gasteiger partial charge in [-0.15, -0.1) is 0 Å². The van der Waals surface area contributed by atoms with Gasteiger partial charge in [-0.1, -0.05) is 32.0 Å². The van der Waals surface area contributed by atoms with Gasteiger partial charge in [0.05, 0.1) is 20.1 Å². The van der Waals surface area contributed by atoms with Crippen LogP contribution in [0.5, 0.6) is 23.0 Å². The van der Waals surface area contributed by atoms with Crippen molar-refractivity contribution in [3.8, 4) is 23.0 Å². The zero-order valence-electron chi connectivity index (χ0n) is 13.4. The molecule has 0 fully saturated rings. The summed E-state index contributed by atoms with van der Waals surface area (Å²) < 4.78 is 16.1. The molecule has 118 valence electrons. The van der Waals surface area contributed by atoms with E-state index >= 15 is 0 Å². The molecule has 1 N–H and O–H groups in total. The first-order valence-corrected chi connectivity index (χ1v) is 7.00. The number of benzene rings is 2. The third-order valence-electron chi connectivity index (χ3n) is 3.46. The molecule has 22 heavy (non-hydrogen) atoms. The molecular weight excluding hydrogens is 284 g/mol. The normalized spacial score (nSPS) is 10.8. The highest BCUT2D eigenvalue weighted by Crippen LogP contribution is 2.51. The van der Waals surface area contributed by atoms with E-state index in [9.17, 15) is 9.90 Å². The fourth-order valence-corrected chi connectivity index (χ4v) is 2.30. The Balaban J connectivity index is 2.85. The largest absolute Gasteiger partial charge is 0.504 e. The second kappa shape index (κ2) is 6.13. The molecule has 0 spiro atoms. The zero-order valence-corrected chi connectivity index (χ0v) is 13.4. The Morgan fingerprint density at radius 1 is 1.09 bits per heavy atom. The number of hydrogen-bond acceptors (Lipinski definition) is 5. The number of methoxy groups -OCH3 is 2. The Morgan fingerprint density at radius 2 is 1.73 bits per heavy atom. The van der Waals surface area contributed by atoms with Crippen LogP contribution in [0.15, 0.2) is 18.2 Å². The molecule has 5 heteroatoms. The standard InChI is InChI=1S/C17H20O5/c1-9(2)17(19)22-14-12-10(3)7-6-8-11(12)13(18)15(20-4)16(14)21-5/h6-9,18H,1-5H3. The SMILES string of the molecule is COc1c(OC)c(OC(=O)C(C)C)c2c(C)cccc2c1O. The average molecular weight is 304 g/mol. The summed E-state index contributed by atoms with van der Waals surface area (Å²) in [4.78, 5) is 12.0. The summed E-state index contributed by atoms with van der Waals surface area (Å²) >= 11 is 0. The van der Waals surface area contributed by atoms with E-state index in [1.165, 1.54) is 14.2 Å². The highest BCUT2D eigenvalue weighted by molar-refractivity contribution is 6.01. The lowest BCUT2D eigenvalue weighted by Crippen LogP contribution is -2.16. The summed E-state index contributed by atoms with van der Waals surface area (Å²) in [5, 5.41) is 11.6. The van der Waals surface area contributed by atoms with Gasteiger partial charge in [0.25, 0.3) is 0 Å². The Kier molecular flexibility index (Phi) is 4.45. The average Bonchev–Trinajstić information content (AvgIpc) is 2.49. The van der Waals surface area contributed by atoms with E-state index in [1.54, 1.807) is 19.9 Å². The molecule has 0 heterocycles. The molecule has 0 unspecified atom stereocenters. The van der Waals surface area contributed by atoms with Crippen molar-refractivity contribution in [2.24, 2.45) is 5.92 Å². The predicted octanol–water partition coefficient (Wildman–Crippen LogP) is 3.43. The summed E-state index contributed by atoms with van der Waals surface area (Å²) in [5.74, 6) is -0.0894. The summed E-state index contributed by atoms with van der Waals surface area (Å²) in [7, 11) is 2.86. The number of aromatic hydroxyl groups is 1. The molecule has 0 radical (unpaired) electrons. The fraction of sp³-hybridized carbons (Fsp3) is 0.353. The van der Waals surface area contributed by atoms with Crippen LogP contribution in [0.2, 0.25) is 0 Å². The zero-order chi connectivity index (χ0) is 16.4. The van der Waals surface area contributed by atoms with Crippen molar-refractivity contribution in [2.45, 2.75) is 20.8 Å². The molecule has 0 saturated carbocycles. The first-order valence-electron chi connectivity index (χ1n) is 7.00. The van der Waals surface area contributed by atoms with Crippen molar-refractivity contribution in [3.63, 3.8) is 0 Å². The van der Waals surface area contributed by atoms with Crippen LogP contribution in [-0.4, -0.2) is 25.3 Å². The molecule has 0 amide bonds. The van der Waals surface area contributed by atoms with Crippen LogP contribution >= 0.6 is 0 Å². The van der Waals surface area contributed by atoms with E-state index in [1.807, 2.05) is 19.1 Å². The molecule has 0 aliphatic rings. The van der Waals surface area contributed by atoms with Gasteiger partial charge in [0.2, 0.25) is 11.5 Å². The Bertz CT molecular complexity index is 719. The van der Waals surface area contributed by atoms with E-state index in [-0.39, 0.29) is 34.9 Å². The number of carbonyl (C=O) groups is 1. The van der Waals surface area contributed by atoms with E-state index < -0.39 is 0 Å². The molecule has 2 aromatic carbocycles. The predicted molar refractivity (Wildman–Crippen MR) is 83.9 cm³/mol. The molecule has 0 aromatic heterocycles. The lowest BCUT2D eigenvalue weighted by Gasteiger charge is -2.19. The highest BCUT2D eigenvalue weighted by atomic mass is 16.6. The number of phenolic OH excluding ortho intramolecular Hbond substituents is 1. The van der Waals surface area contributed by atoms with Crippen LogP contribution in [0.3, 0.4) is 0 Å². The van der Waals surface area contributed by atoms with Gasteiger partial charge in [0.1, 0.15) is 0 Å². The fourth-order valence-electron chi connectivity index (χ4n) is 2.30. The first-order chi connectivity index (χ1) is 10.4. The van der Waals surface area contributed by atoms with Gasteiger partial charge in [-0.2, -0.15) is 0 Å². The maximum atomic E-state index is 12.0. The van der Waals surface area contributed by atoms with Crippen molar-refractivity contribution in [1.82, 2.24) is 0 Å². The third-order valence-corrected chi connectivity index (χ3v) is 3.46. The molecule has 5 nitrogen and oxygen atoms in total. The van der Waals surface area contributed by atoms with Gasteiger partial charge in [0.15, 0.2) is 11.5 Å². The molecular formula is C17H20O5. The Labute approximate surface area is 129 Å². The number of aryl methyl sites for hydroxylation is 1. The number of hydrogen-bond donors (Lipinski definition) is 1. The quantitative estimate of drug-likeness (QED) is 0.692. The monoisotopic (exact) mass is 304 g/mol. The Hall–Kier alpha value is -2.43. The van der Waals surface area contributed by atoms with Crippen LogP contribution in [0.4, 0.5) is 0 Å². The number of phenols is 1. The molecule has 0 atom stereocenters. The highest BCUT2D eigenvalue weighted by Gasteiger charge is 2.25. The van der Waals surface area contributed by atoms with E-state index in [0.29, 0.717) is 10.8 Å². The van der Waals surface area contributed by atoms with E-state index in [4.69, 9.17) is 14.2 Å². The van der Waals surface area contributed by atoms with Crippen molar-refractivity contribution in [2.75, 3.05) is 14.2 Å². The number of rotatable bonds is 4. The number of esters is 1. The molecule has 0 aliphatic carbocycles. The lowest BCUT2D eigenvalue weighted by atomic mass is 10.0. The van der Waals surface area contributed by atoms with Gasteiger partial charge < -0.3 is 19.3 Å². The number of fused-ring (bicyclic) bond motifs is 1. The lowest BCUT2D eigenvalue weighted by molar-refractivity contribution is -0.137. The maximum absolute atomic E-state index is 12.0. The van der Waals surface area contributed by atoms with Crippen LogP contribution in [0.1, 0.15) is 19.4 Å². The minimum absolute atomic E-state index is 0.0394. The maximum Gasteiger partial charge on any atom is 0.313 e. The second-order valence-electron chi connectivity index (χ2n) is 5.32. The number of ether oxygens (including phenoxy) is 3. The van der Waals surface area contributed by atoms with Crippen LogP contribution in [-0.2, 0) is 4.79 Å². The minimum atomic E-state index is -0.379. The summed E-state index contributed by atoms with van der Waals surface area (Å²) in [5.41, 5.74) is 0.861.